The van der Waals surface area contributed by atoms with Gasteiger partial charge in [-0.1, -0.05) is 50.3 Å². The second kappa shape index (κ2) is 14.9. The number of hydrogen-bond acceptors (Lipinski definition) is 2. The van der Waals surface area contributed by atoms with Gasteiger partial charge >= 0.3 is 0 Å². The van der Waals surface area contributed by atoms with Crippen LogP contribution in [0.3, 0.4) is 0 Å². The van der Waals surface area contributed by atoms with E-state index in [0.29, 0.717) is 6.42 Å². The summed E-state index contributed by atoms with van der Waals surface area (Å²) < 4.78 is 13.1. The second-order valence-electron chi connectivity index (χ2n) is 3.70. The predicted molar refractivity (Wildman–Crippen MR) is 80.0 cm³/mol. The van der Waals surface area contributed by atoms with Crippen molar-refractivity contribution in [3.63, 3.8) is 0 Å². The molecule has 2 nitrogen and oxygen atoms in total. The van der Waals surface area contributed by atoms with Gasteiger partial charge in [0.2, 0.25) is 0 Å². The lowest BCUT2D eigenvalue weighted by atomic mass is 10.1. The molecule has 1 aromatic rings. The van der Waals surface area contributed by atoms with Gasteiger partial charge in [-0.05, 0) is 25.3 Å². The molecule has 0 fully saturated rings. The first kappa shape index (κ1) is 20.1. The summed E-state index contributed by atoms with van der Waals surface area (Å²) in [5.74, 6) is 0. The van der Waals surface area contributed by atoms with E-state index < -0.39 is 18.9 Å². The molecule has 1 unspecified atom stereocenters. The Labute approximate surface area is 116 Å². The number of aliphatic hydroxyl groups is 2. The van der Waals surface area contributed by atoms with E-state index in [4.69, 9.17) is 10.2 Å². The van der Waals surface area contributed by atoms with E-state index in [0.717, 1.165) is 5.56 Å². The third kappa shape index (κ3) is 11.6. The van der Waals surface area contributed by atoms with Crippen molar-refractivity contribution < 1.29 is 14.6 Å². The fourth-order valence-electron chi connectivity index (χ4n) is 1.26. The predicted octanol–water partition coefficient (Wildman–Crippen LogP) is 3.53. The van der Waals surface area contributed by atoms with Gasteiger partial charge in [0, 0.05) is 0 Å². The molecule has 110 valence electrons. The van der Waals surface area contributed by atoms with Crippen LogP contribution in [0.5, 0.6) is 0 Å². The van der Waals surface area contributed by atoms with Gasteiger partial charge in [0.25, 0.3) is 0 Å². The van der Waals surface area contributed by atoms with Gasteiger partial charge in [-0.15, -0.1) is 6.58 Å². The lowest BCUT2D eigenvalue weighted by Gasteiger charge is -2.12. The summed E-state index contributed by atoms with van der Waals surface area (Å²) in [5.41, 5.74) is 1.04. The fourth-order valence-corrected chi connectivity index (χ4v) is 1.26. The van der Waals surface area contributed by atoms with Crippen LogP contribution in [-0.4, -0.2) is 29.1 Å². The highest BCUT2D eigenvalue weighted by atomic mass is 19.1. The first-order valence-corrected chi connectivity index (χ1v) is 6.69. The molecule has 1 rings (SSSR count). The maximum absolute atomic E-state index is 13.1. The highest BCUT2D eigenvalue weighted by Crippen LogP contribution is 2.10. The summed E-state index contributed by atoms with van der Waals surface area (Å²) in [6, 6.07) is 9.52. The van der Waals surface area contributed by atoms with Crippen LogP contribution in [0.4, 0.5) is 4.39 Å². The Morgan fingerprint density at radius 2 is 1.74 bits per heavy atom. The summed E-state index contributed by atoms with van der Waals surface area (Å²) in [6.45, 7) is 8.73. The Morgan fingerprint density at radius 3 is 2.16 bits per heavy atom. The summed E-state index contributed by atoms with van der Waals surface area (Å²) in [7, 11) is 0. The Kier molecular flexibility index (Phi) is 15.8. The third-order valence-corrected chi connectivity index (χ3v) is 2.16. The quantitative estimate of drug-likeness (QED) is 0.804. The molecule has 1 aromatic carbocycles. The van der Waals surface area contributed by atoms with E-state index in [1.54, 1.807) is 6.08 Å². The van der Waals surface area contributed by atoms with E-state index in [9.17, 15) is 4.39 Å². The number of benzene rings is 1. The molecule has 0 saturated heterocycles. The topological polar surface area (TPSA) is 40.5 Å². The van der Waals surface area contributed by atoms with Crippen molar-refractivity contribution in [2.75, 3.05) is 6.61 Å². The van der Waals surface area contributed by atoms with E-state index in [1.165, 1.54) is 0 Å². The third-order valence-electron chi connectivity index (χ3n) is 2.16. The van der Waals surface area contributed by atoms with Crippen molar-refractivity contribution in [3.8, 4) is 0 Å². The van der Waals surface area contributed by atoms with Crippen LogP contribution in [0.2, 0.25) is 0 Å². The molecule has 0 aliphatic rings. The van der Waals surface area contributed by atoms with Crippen molar-refractivity contribution in [3.05, 3.63) is 48.6 Å². The maximum Gasteiger partial charge on any atom is 0.128 e. The molecular weight excluding hydrogens is 243 g/mol. The molecule has 0 bridgehead atoms. The largest absolute Gasteiger partial charge is 0.394 e. The Balaban J connectivity index is 0. The number of halogens is 1. The van der Waals surface area contributed by atoms with Gasteiger partial charge in [-0.2, -0.15) is 0 Å². The van der Waals surface area contributed by atoms with Crippen molar-refractivity contribution in [1.82, 2.24) is 0 Å². The van der Waals surface area contributed by atoms with Crippen LogP contribution in [0.15, 0.2) is 43.0 Å². The molecule has 0 aliphatic heterocycles. The second-order valence-corrected chi connectivity index (χ2v) is 3.70. The molecule has 0 aromatic heterocycles. The van der Waals surface area contributed by atoms with Crippen LogP contribution < -0.4 is 0 Å². The average Bonchev–Trinajstić information content (AvgIpc) is 2.48. The summed E-state index contributed by atoms with van der Waals surface area (Å²) in [4.78, 5) is 0. The van der Waals surface area contributed by atoms with Crippen LogP contribution >= 0.6 is 0 Å². The number of rotatable bonds is 5. The van der Waals surface area contributed by atoms with Crippen LogP contribution in [-0.2, 0) is 6.42 Å². The van der Waals surface area contributed by atoms with Gasteiger partial charge in [-0.25, -0.2) is 4.39 Å². The zero-order valence-electron chi connectivity index (χ0n) is 12.2. The fraction of sp³-hybridized carbons (Fsp3) is 0.500. The normalized spacial score (nSPS) is 12.1. The highest BCUT2D eigenvalue weighted by molar-refractivity contribution is 5.14. The van der Waals surface area contributed by atoms with Gasteiger partial charge in [-0.3, -0.25) is 0 Å². The number of hydrogen-bond donors (Lipinski definition) is 2. The number of aliphatic hydroxyl groups excluding tert-OH is 2. The monoisotopic (exact) mass is 270 g/mol. The van der Waals surface area contributed by atoms with Gasteiger partial charge in [0.1, 0.15) is 12.3 Å². The standard InChI is InChI=1S/C11H15FO2.C3H6.C2H6/c12-10(11(14)8-13)7-6-9-4-2-1-3-5-9;1-3-2;1-2/h1-5,10-11,13-14H,6-8H2;3H,1H2,2H3;1-2H3/t10?,11-;;/m0../s1. The molecule has 0 radical (unpaired) electrons. The van der Waals surface area contributed by atoms with Crippen LogP contribution in [0.25, 0.3) is 0 Å². The number of allylic oxidation sites excluding steroid dienone is 1. The van der Waals surface area contributed by atoms with Crippen molar-refractivity contribution >= 4 is 0 Å². The minimum atomic E-state index is -1.35. The molecule has 19 heavy (non-hydrogen) atoms. The lowest BCUT2D eigenvalue weighted by Crippen LogP contribution is -2.25. The molecule has 0 saturated carbocycles. The first-order chi connectivity index (χ1) is 9.15. The Bertz CT molecular complexity index is 288. The van der Waals surface area contributed by atoms with Gasteiger partial charge < -0.3 is 10.2 Å². The van der Waals surface area contributed by atoms with E-state index >= 15 is 0 Å². The maximum atomic E-state index is 13.1. The molecule has 0 amide bonds. The summed E-state index contributed by atoms with van der Waals surface area (Å²) >= 11 is 0. The van der Waals surface area contributed by atoms with Crippen molar-refractivity contribution in [2.24, 2.45) is 0 Å². The smallest absolute Gasteiger partial charge is 0.128 e. The number of alkyl halides is 1. The summed E-state index contributed by atoms with van der Waals surface area (Å²) in [5, 5.41) is 17.5. The minimum absolute atomic E-state index is 0.242. The Hall–Kier alpha value is -1.19. The molecule has 2 atom stereocenters. The molecule has 0 heterocycles. The van der Waals surface area contributed by atoms with E-state index in [1.807, 2.05) is 51.1 Å². The van der Waals surface area contributed by atoms with Gasteiger partial charge in [0.05, 0.1) is 6.61 Å². The highest BCUT2D eigenvalue weighted by Gasteiger charge is 2.16. The molecular formula is C16H27FO2. The van der Waals surface area contributed by atoms with E-state index in [-0.39, 0.29) is 6.42 Å². The van der Waals surface area contributed by atoms with Gasteiger partial charge in [0.15, 0.2) is 0 Å². The zero-order valence-corrected chi connectivity index (χ0v) is 12.2. The summed E-state index contributed by atoms with van der Waals surface area (Å²) in [6.07, 6.45) is -0.0240. The first-order valence-electron chi connectivity index (χ1n) is 6.69. The van der Waals surface area contributed by atoms with Crippen molar-refractivity contribution in [2.45, 2.75) is 45.9 Å². The minimum Gasteiger partial charge on any atom is -0.394 e. The molecule has 0 spiro atoms. The number of aryl methyl sites for hydroxylation is 1. The van der Waals surface area contributed by atoms with Crippen molar-refractivity contribution in [1.29, 1.82) is 0 Å². The van der Waals surface area contributed by atoms with Crippen LogP contribution in [0.1, 0.15) is 32.8 Å². The zero-order chi connectivity index (χ0) is 15.1. The SMILES string of the molecule is C=CC.CC.OC[C@H](O)C(F)CCc1ccccc1. The lowest BCUT2D eigenvalue weighted by molar-refractivity contribution is 0.0254. The molecule has 2 N–H and O–H groups in total. The van der Waals surface area contributed by atoms with Crippen LogP contribution in [0, 0.1) is 0 Å². The van der Waals surface area contributed by atoms with E-state index in [2.05, 4.69) is 6.58 Å². The molecule has 0 aliphatic carbocycles. The Morgan fingerprint density at radius 1 is 1.26 bits per heavy atom. The average molecular weight is 270 g/mol. The molecule has 3 heteroatoms.